The molecule has 1 aromatic carbocycles. The lowest BCUT2D eigenvalue weighted by Gasteiger charge is -2.21. The van der Waals surface area contributed by atoms with Crippen molar-refractivity contribution in [3.8, 4) is 0 Å². The molecule has 0 aliphatic carbocycles. The fourth-order valence-corrected chi connectivity index (χ4v) is 5.04. The number of ether oxygens (including phenoxy) is 1. The maximum atomic E-state index is 12.1. The van der Waals surface area contributed by atoms with Gasteiger partial charge in [0.05, 0.1) is 6.33 Å². The van der Waals surface area contributed by atoms with Crippen LogP contribution in [-0.2, 0) is 22.7 Å². The fraction of sp³-hybridized carbons (Fsp3) is 0.667. The summed E-state index contributed by atoms with van der Waals surface area (Å²) in [6.45, 7) is 4.40. The van der Waals surface area contributed by atoms with Crippen LogP contribution in [0.15, 0.2) is 43.0 Å². The average Bonchev–Trinajstić information content (AvgIpc) is 3.50. The van der Waals surface area contributed by atoms with E-state index in [-0.39, 0.29) is 6.61 Å². The van der Waals surface area contributed by atoms with Crippen LogP contribution in [-0.4, -0.2) is 35.1 Å². The van der Waals surface area contributed by atoms with E-state index in [1.54, 1.807) is 17.4 Å². The number of alkyl carbamates (subject to hydrolysis) is 1. The van der Waals surface area contributed by atoms with Gasteiger partial charge in [-0.15, -0.1) is 0 Å². The van der Waals surface area contributed by atoms with Gasteiger partial charge in [0, 0.05) is 43.3 Å². The van der Waals surface area contributed by atoms with Gasteiger partial charge in [-0.25, -0.2) is 9.78 Å². The van der Waals surface area contributed by atoms with Crippen molar-refractivity contribution in [1.82, 2.24) is 14.9 Å². The molecule has 224 valence electrons. The lowest BCUT2D eigenvalue weighted by atomic mass is 10.0. The summed E-state index contributed by atoms with van der Waals surface area (Å²) in [7, 11) is 0. The van der Waals surface area contributed by atoms with E-state index in [1.165, 1.54) is 89.9 Å². The Kier molecular flexibility index (Phi) is 19.1. The molecule has 40 heavy (non-hydrogen) atoms. The average molecular weight is 555 g/mol. The second-order valence-electron chi connectivity index (χ2n) is 10.9. The SMILES string of the molecule is CCCCCCCCCCCCCCCCCCN(C=O)c1ccccc1COC(=O)NCCCn1ccnc1. The zero-order chi connectivity index (χ0) is 28.5. The van der Waals surface area contributed by atoms with Crippen molar-refractivity contribution in [2.75, 3.05) is 18.0 Å². The summed E-state index contributed by atoms with van der Waals surface area (Å²) in [6, 6.07) is 7.65. The van der Waals surface area contributed by atoms with Crippen LogP contribution in [0, 0.1) is 0 Å². The van der Waals surface area contributed by atoms with Crippen LogP contribution in [0.3, 0.4) is 0 Å². The van der Waals surface area contributed by atoms with Gasteiger partial charge < -0.3 is 19.5 Å². The Labute approximate surface area is 243 Å². The number of unbranched alkanes of at least 4 members (excludes halogenated alkanes) is 15. The number of hydrogen-bond donors (Lipinski definition) is 1. The third-order valence-electron chi connectivity index (χ3n) is 7.46. The number of para-hydroxylation sites is 1. The number of aromatic nitrogens is 2. The van der Waals surface area contributed by atoms with Crippen molar-refractivity contribution in [3.63, 3.8) is 0 Å². The first-order valence-corrected chi connectivity index (χ1v) is 15.9. The molecule has 7 heteroatoms. The van der Waals surface area contributed by atoms with E-state index in [0.29, 0.717) is 13.1 Å². The summed E-state index contributed by atoms with van der Waals surface area (Å²) >= 11 is 0. The molecule has 0 unspecified atom stereocenters. The van der Waals surface area contributed by atoms with Gasteiger partial charge in [-0.1, -0.05) is 121 Å². The number of anilines is 1. The molecule has 1 aromatic heterocycles. The number of hydrogen-bond acceptors (Lipinski definition) is 4. The van der Waals surface area contributed by atoms with Gasteiger partial charge >= 0.3 is 6.09 Å². The maximum absolute atomic E-state index is 12.1. The highest BCUT2D eigenvalue weighted by Crippen LogP contribution is 2.21. The second kappa shape index (κ2) is 22.9. The quantitative estimate of drug-likeness (QED) is 0.0987. The number of nitrogens with zero attached hydrogens (tertiary/aromatic N) is 3. The molecule has 0 fully saturated rings. The van der Waals surface area contributed by atoms with Gasteiger partial charge in [-0.3, -0.25) is 4.79 Å². The molecule has 2 rings (SSSR count). The van der Waals surface area contributed by atoms with Crippen LogP contribution in [0.4, 0.5) is 10.5 Å². The summed E-state index contributed by atoms with van der Waals surface area (Å²) in [5, 5.41) is 2.79. The zero-order valence-corrected chi connectivity index (χ0v) is 25.0. The number of carbonyl (C=O) groups is 2. The summed E-state index contributed by atoms with van der Waals surface area (Å²) in [6.07, 6.45) is 27.9. The van der Waals surface area contributed by atoms with Crippen LogP contribution in [0.1, 0.15) is 122 Å². The van der Waals surface area contributed by atoms with E-state index in [0.717, 1.165) is 43.5 Å². The standard InChI is InChI=1S/C33H54N4O3/c1-2-3-4-5-6-7-8-9-10-11-12-13-14-15-16-19-26-37(30-38)32-22-18-17-21-31(32)28-40-33(39)35-23-20-25-36-27-24-34-29-36/h17-18,21-22,24,27,29-30H,2-16,19-20,23,25-26,28H2,1H3,(H,35,39). The van der Waals surface area contributed by atoms with Gasteiger partial charge in [0.15, 0.2) is 0 Å². The van der Waals surface area contributed by atoms with Gasteiger partial charge in [0.25, 0.3) is 0 Å². The number of carbonyl (C=O) groups excluding carboxylic acids is 2. The molecule has 7 nitrogen and oxygen atoms in total. The largest absolute Gasteiger partial charge is 0.445 e. The molecule has 1 N–H and O–H groups in total. The fourth-order valence-electron chi connectivity index (χ4n) is 5.04. The molecule has 0 spiro atoms. The van der Waals surface area contributed by atoms with E-state index in [9.17, 15) is 9.59 Å². The van der Waals surface area contributed by atoms with Gasteiger partial charge in [-0.2, -0.15) is 0 Å². The van der Waals surface area contributed by atoms with Crippen LogP contribution in [0.2, 0.25) is 0 Å². The van der Waals surface area contributed by atoms with Crippen molar-refractivity contribution < 1.29 is 14.3 Å². The first-order valence-electron chi connectivity index (χ1n) is 15.9. The number of aryl methyl sites for hydroxylation is 1. The minimum atomic E-state index is -0.448. The van der Waals surface area contributed by atoms with Crippen molar-refractivity contribution >= 4 is 18.2 Å². The van der Waals surface area contributed by atoms with Crippen LogP contribution < -0.4 is 10.2 Å². The lowest BCUT2D eigenvalue weighted by Crippen LogP contribution is -2.27. The smallest absolute Gasteiger partial charge is 0.407 e. The molecule has 2 aromatic rings. The number of benzene rings is 1. The van der Waals surface area contributed by atoms with Crippen LogP contribution in [0.5, 0.6) is 0 Å². The molecule has 0 aliphatic heterocycles. The molecule has 0 aliphatic rings. The van der Waals surface area contributed by atoms with E-state index < -0.39 is 6.09 Å². The second-order valence-corrected chi connectivity index (χ2v) is 10.9. The Hall–Kier alpha value is -2.83. The highest BCUT2D eigenvalue weighted by Gasteiger charge is 2.12. The normalized spacial score (nSPS) is 10.9. The number of imidazole rings is 1. The van der Waals surface area contributed by atoms with Gasteiger partial charge in [0.1, 0.15) is 6.61 Å². The number of nitrogens with one attached hydrogen (secondary N) is 1. The van der Waals surface area contributed by atoms with Crippen molar-refractivity contribution in [3.05, 3.63) is 48.5 Å². The first-order chi connectivity index (χ1) is 19.7. The van der Waals surface area contributed by atoms with Gasteiger partial charge in [0.2, 0.25) is 6.41 Å². The number of amides is 2. The predicted molar refractivity (Wildman–Crippen MR) is 164 cm³/mol. The molecule has 2 amide bonds. The summed E-state index contributed by atoms with van der Waals surface area (Å²) in [5.41, 5.74) is 1.64. The number of rotatable bonds is 25. The third-order valence-corrected chi connectivity index (χ3v) is 7.46. The Morgan fingerprint density at radius 3 is 2.05 bits per heavy atom. The summed E-state index contributed by atoms with van der Waals surface area (Å²) in [5.74, 6) is 0. The molecular formula is C33H54N4O3. The molecular weight excluding hydrogens is 500 g/mol. The Morgan fingerprint density at radius 2 is 1.48 bits per heavy atom. The zero-order valence-electron chi connectivity index (χ0n) is 25.0. The molecule has 0 atom stereocenters. The van der Waals surface area contributed by atoms with E-state index >= 15 is 0 Å². The predicted octanol–water partition coefficient (Wildman–Crippen LogP) is 8.42. The summed E-state index contributed by atoms with van der Waals surface area (Å²) in [4.78, 5) is 29.7. The molecule has 0 radical (unpaired) electrons. The topological polar surface area (TPSA) is 76.5 Å². The van der Waals surface area contributed by atoms with Crippen molar-refractivity contribution in [2.45, 2.75) is 129 Å². The maximum Gasteiger partial charge on any atom is 0.407 e. The Bertz CT molecular complexity index is 888. The Morgan fingerprint density at radius 1 is 0.875 bits per heavy atom. The van der Waals surface area contributed by atoms with Crippen molar-refractivity contribution in [1.29, 1.82) is 0 Å². The monoisotopic (exact) mass is 554 g/mol. The minimum Gasteiger partial charge on any atom is -0.445 e. The van der Waals surface area contributed by atoms with Crippen LogP contribution >= 0.6 is 0 Å². The minimum absolute atomic E-state index is 0.132. The lowest BCUT2D eigenvalue weighted by molar-refractivity contribution is -0.107. The highest BCUT2D eigenvalue weighted by molar-refractivity contribution is 5.77. The van der Waals surface area contributed by atoms with Gasteiger partial charge in [-0.05, 0) is 18.9 Å². The molecule has 0 saturated heterocycles. The highest BCUT2D eigenvalue weighted by atomic mass is 16.5. The molecule has 0 saturated carbocycles. The van der Waals surface area contributed by atoms with Crippen molar-refractivity contribution in [2.24, 2.45) is 0 Å². The third kappa shape index (κ3) is 15.7. The van der Waals surface area contributed by atoms with E-state index in [2.05, 4.69) is 17.2 Å². The summed E-state index contributed by atoms with van der Waals surface area (Å²) < 4.78 is 7.39. The molecule has 0 bridgehead atoms. The molecule has 1 heterocycles. The van der Waals surface area contributed by atoms with E-state index in [4.69, 9.17) is 4.74 Å². The first kappa shape index (κ1) is 33.4. The van der Waals surface area contributed by atoms with E-state index in [1.807, 2.05) is 35.0 Å². The van der Waals surface area contributed by atoms with Crippen LogP contribution in [0.25, 0.3) is 0 Å². The Balaban J connectivity index is 1.51.